The zero-order valence-electron chi connectivity index (χ0n) is 19.8. The van der Waals surface area contributed by atoms with Crippen molar-refractivity contribution in [2.75, 3.05) is 44.6 Å². The summed E-state index contributed by atoms with van der Waals surface area (Å²) in [6.07, 6.45) is 0.703. The smallest absolute Gasteiger partial charge is 0.313 e. The summed E-state index contributed by atoms with van der Waals surface area (Å²) in [5.41, 5.74) is 4.15. The first-order chi connectivity index (χ1) is 17.8. The number of amides is 2. The lowest BCUT2D eigenvalue weighted by molar-refractivity contribution is -0.157. The monoisotopic (exact) mass is 572 g/mol. The number of thioether (sulfide) groups is 2. The number of ether oxygens (including phenoxy) is 1. The van der Waals surface area contributed by atoms with Crippen molar-refractivity contribution >= 4 is 63.7 Å². The molecule has 0 spiro atoms. The van der Waals surface area contributed by atoms with E-state index in [1.165, 1.54) is 35.5 Å². The van der Waals surface area contributed by atoms with Gasteiger partial charge < -0.3 is 30.6 Å². The molecule has 2 amide bonds. The third-order valence-corrected chi connectivity index (χ3v) is 9.01. The first-order valence-corrected chi connectivity index (χ1v) is 13.7. The number of anilines is 1. The van der Waals surface area contributed by atoms with Crippen LogP contribution in [-0.2, 0) is 30.5 Å². The normalized spacial score (nSPS) is 23.4. The quantitative estimate of drug-likeness (QED) is 0.0892. The van der Waals surface area contributed by atoms with Gasteiger partial charge in [-0.2, -0.15) is 9.36 Å². The molecule has 0 radical (unpaired) electrons. The van der Waals surface area contributed by atoms with Gasteiger partial charge in [0, 0.05) is 49.8 Å². The van der Waals surface area contributed by atoms with Gasteiger partial charge in [-0.05, 0) is 16.8 Å². The first-order valence-electron chi connectivity index (χ1n) is 10.8. The van der Waals surface area contributed by atoms with E-state index < -0.39 is 34.6 Å². The molecule has 0 aliphatic carbocycles. The molecule has 2 fully saturated rings. The van der Waals surface area contributed by atoms with Crippen molar-refractivity contribution in [3.8, 4) is 0 Å². The van der Waals surface area contributed by atoms with Crippen LogP contribution in [0.4, 0.5) is 5.13 Å². The number of hydrogen-bond donors (Lipinski definition) is 3. The molecule has 2 saturated heterocycles. The van der Waals surface area contributed by atoms with Gasteiger partial charge in [0.05, 0.1) is 0 Å². The van der Waals surface area contributed by atoms with Gasteiger partial charge in [0.1, 0.15) is 23.9 Å². The molecule has 2 aliphatic rings. The van der Waals surface area contributed by atoms with E-state index in [9.17, 15) is 19.5 Å². The van der Waals surface area contributed by atoms with Crippen LogP contribution in [0, 0.1) is 5.41 Å². The lowest BCUT2D eigenvalue weighted by Crippen LogP contribution is -2.74. The minimum Gasteiger partial charge on any atom is -0.481 e. The molecule has 16 nitrogen and oxygen atoms in total. The van der Waals surface area contributed by atoms with Crippen molar-refractivity contribution < 1.29 is 29.1 Å². The van der Waals surface area contributed by atoms with Crippen molar-refractivity contribution in [3.63, 3.8) is 0 Å². The van der Waals surface area contributed by atoms with Gasteiger partial charge >= 0.3 is 5.97 Å². The Balaban J connectivity index is 1.39. The number of aromatic nitrogens is 6. The second kappa shape index (κ2) is 11.6. The van der Waals surface area contributed by atoms with Gasteiger partial charge in [0.2, 0.25) is 22.6 Å². The molecule has 2 aromatic rings. The molecule has 0 bridgehead atoms. The number of oxime groups is 1. The number of nitrogens with two attached hydrogens (primary N) is 1. The zero-order valence-corrected chi connectivity index (χ0v) is 22.2. The summed E-state index contributed by atoms with van der Waals surface area (Å²) in [6.45, 7) is 1.07. The number of aliphatic carboxylic acids is 1. The minimum atomic E-state index is -1.22. The van der Waals surface area contributed by atoms with E-state index in [2.05, 4.69) is 35.4 Å². The van der Waals surface area contributed by atoms with Crippen LogP contribution in [-0.4, -0.2) is 113 Å². The number of hydrogen-bond acceptors (Lipinski definition) is 15. The highest BCUT2D eigenvalue weighted by molar-refractivity contribution is 8.00. The van der Waals surface area contributed by atoms with Gasteiger partial charge in [-0.15, -0.1) is 16.9 Å². The summed E-state index contributed by atoms with van der Waals surface area (Å²) < 4.78 is 10.6. The lowest BCUT2D eigenvalue weighted by atomic mass is 9.89. The number of methoxy groups -OCH3 is 1. The molecule has 0 aromatic carbocycles. The molecule has 3 atom stereocenters. The molecule has 2 aliphatic heterocycles. The van der Waals surface area contributed by atoms with E-state index in [1.807, 2.05) is 0 Å². The summed E-state index contributed by atoms with van der Waals surface area (Å²) in [4.78, 5) is 48.2. The second-order valence-electron chi connectivity index (χ2n) is 8.10. The maximum Gasteiger partial charge on any atom is 0.313 e. The number of nitrogens with zero attached hydrogens (tertiary/aromatic N) is 8. The van der Waals surface area contributed by atoms with Crippen LogP contribution in [0.25, 0.3) is 0 Å². The van der Waals surface area contributed by atoms with Crippen LogP contribution in [0.3, 0.4) is 0 Å². The van der Waals surface area contributed by atoms with Crippen molar-refractivity contribution in [2.24, 2.45) is 10.6 Å². The highest BCUT2D eigenvalue weighted by atomic mass is 32.2. The molecule has 37 heavy (non-hydrogen) atoms. The molecule has 19 heteroatoms. The number of carboxylic acids is 1. The maximum atomic E-state index is 12.9. The highest BCUT2D eigenvalue weighted by Gasteiger charge is 2.57. The Morgan fingerprint density at radius 2 is 2.22 bits per heavy atom. The Bertz CT molecular complexity index is 1190. The third-order valence-electron chi connectivity index (χ3n) is 5.63. The fraction of sp³-hybridized carbons (Fsp3) is 0.611. The SMILES string of the molecule is COCCCn1nnnc1SCC1(C(=O)O)CS[C@@H]2C(NC(=O)C(=NOC)c3nsc(N)n3)C(=O)N2C1. The number of carboxylic acid groups (broad SMARTS) is 1. The molecule has 4 N–H and O–H groups in total. The van der Waals surface area contributed by atoms with E-state index in [4.69, 9.17) is 15.3 Å². The van der Waals surface area contributed by atoms with Crippen LogP contribution in [0.2, 0.25) is 0 Å². The second-order valence-corrected chi connectivity index (χ2v) is 10.9. The molecule has 4 rings (SSSR count). The van der Waals surface area contributed by atoms with Gasteiger partial charge in [-0.1, -0.05) is 16.9 Å². The van der Waals surface area contributed by atoms with Gasteiger partial charge in [0.15, 0.2) is 5.13 Å². The topological polar surface area (TPSA) is 213 Å². The van der Waals surface area contributed by atoms with Crippen LogP contribution in [0.5, 0.6) is 0 Å². The lowest BCUT2D eigenvalue weighted by Gasteiger charge is -2.53. The molecule has 4 heterocycles. The summed E-state index contributed by atoms with van der Waals surface area (Å²) >= 11 is 3.40. The first kappa shape index (κ1) is 27.0. The van der Waals surface area contributed by atoms with Crippen molar-refractivity contribution in [1.29, 1.82) is 0 Å². The van der Waals surface area contributed by atoms with Crippen molar-refractivity contribution in [3.05, 3.63) is 5.82 Å². The van der Waals surface area contributed by atoms with Gasteiger partial charge in [0.25, 0.3) is 5.91 Å². The van der Waals surface area contributed by atoms with Gasteiger partial charge in [-0.3, -0.25) is 14.4 Å². The fourth-order valence-corrected chi connectivity index (χ4v) is 6.92. The van der Waals surface area contributed by atoms with E-state index in [0.717, 1.165) is 11.5 Å². The van der Waals surface area contributed by atoms with Crippen molar-refractivity contribution in [1.82, 2.24) is 39.8 Å². The van der Waals surface area contributed by atoms with Crippen LogP contribution in [0.1, 0.15) is 12.2 Å². The summed E-state index contributed by atoms with van der Waals surface area (Å²) in [5.74, 6) is -1.75. The number of nitrogens with one attached hydrogen (secondary N) is 1. The average Bonchev–Trinajstić information content (AvgIpc) is 3.52. The Labute approximate surface area is 222 Å². The fourth-order valence-electron chi connectivity index (χ4n) is 3.72. The van der Waals surface area contributed by atoms with E-state index in [0.29, 0.717) is 24.7 Å². The zero-order chi connectivity index (χ0) is 26.6. The number of nitrogen functional groups attached to an aromatic ring is 1. The highest BCUT2D eigenvalue weighted by Crippen LogP contribution is 2.44. The van der Waals surface area contributed by atoms with E-state index >= 15 is 0 Å². The Morgan fingerprint density at radius 1 is 1.41 bits per heavy atom. The van der Waals surface area contributed by atoms with Crippen LogP contribution >= 0.6 is 35.1 Å². The average molecular weight is 573 g/mol. The molecule has 0 saturated carbocycles. The van der Waals surface area contributed by atoms with Crippen molar-refractivity contribution in [2.45, 2.75) is 29.5 Å². The predicted molar refractivity (Wildman–Crippen MR) is 133 cm³/mol. The molecular weight excluding hydrogens is 548 g/mol. The van der Waals surface area contributed by atoms with Crippen LogP contribution < -0.4 is 11.1 Å². The molecule has 200 valence electrons. The number of tetrazole rings is 1. The van der Waals surface area contributed by atoms with Gasteiger partial charge in [-0.25, -0.2) is 4.68 Å². The number of aryl methyl sites for hydroxylation is 1. The van der Waals surface area contributed by atoms with E-state index in [-0.39, 0.29) is 34.7 Å². The molecule has 2 aromatic heterocycles. The summed E-state index contributed by atoms with van der Waals surface area (Å²) in [5, 5.41) is 28.2. The Hall–Kier alpha value is -3.03. The number of carbonyl (C=O) groups excluding carboxylic acids is 2. The largest absolute Gasteiger partial charge is 0.481 e. The van der Waals surface area contributed by atoms with Crippen LogP contribution in [0.15, 0.2) is 10.3 Å². The third kappa shape index (κ3) is 5.63. The Kier molecular flexibility index (Phi) is 8.45. The number of rotatable bonds is 12. The summed E-state index contributed by atoms with van der Waals surface area (Å²) in [7, 11) is 2.87. The number of fused-ring (bicyclic) bond motifs is 1. The number of β-lactam (4-membered cyclic amide) rings is 1. The summed E-state index contributed by atoms with van der Waals surface area (Å²) in [6, 6.07) is -0.858. The maximum absolute atomic E-state index is 12.9. The molecular formula is C18H24N10O6S3. The van der Waals surface area contributed by atoms with E-state index in [1.54, 1.807) is 11.8 Å². The Morgan fingerprint density at radius 3 is 2.89 bits per heavy atom. The molecule has 2 unspecified atom stereocenters. The minimum absolute atomic E-state index is 0.00730. The number of carbonyl (C=O) groups is 3. The predicted octanol–water partition coefficient (Wildman–Crippen LogP) is -1.24. The standard InChI is InChI=1S/C18H24N10O6S3/c1-33-5-3-4-28-17(22-25-26-28)36-8-18(15(31)32)6-27-13(30)10(14(27)35-7-18)20-12(29)9(23-34-2)11-21-16(19)37-24-11/h10,14H,3-8H2,1-2H3,(H,20,29)(H,31,32)(H2,19,21,24)/t10?,14-,18?/m1/s1.